The van der Waals surface area contributed by atoms with E-state index >= 15 is 0 Å². The molecule has 2 aliphatic rings. The van der Waals surface area contributed by atoms with Crippen molar-refractivity contribution in [3.8, 4) is 0 Å². The highest BCUT2D eigenvalue weighted by atomic mass is 32.2. The monoisotopic (exact) mass is 427 g/mol. The van der Waals surface area contributed by atoms with E-state index in [9.17, 15) is 8.42 Å². The summed E-state index contributed by atoms with van der Waals surface area (Å²) < 4.78 is 31.3. The van der Waals surface area contributed by atoms with Crippen LogP contribution in [0.1, 0.15) is 25.5 Å². The molecule has 3 heterocycles. The molecule has 10 nitrogen and oxygen atoms in total. The summed E-state index contributed by atoms with van der Waals surface area (Å²) in [6.45, 7) is 11.7. The Morgan fingerprint density at radius 2 is 1.97 bits per heavy atom. The average molecular weight is 428 g/mol. The molecule has 164 valence electrons. The van der Waals surface area contributed by atoms with Gasteiger partial charge in [0.2, 0.25) is 0 Å². The Balaban J connectivity index is 1.70. The fourth-order valence-corrected chi connectivity index (χ4v) is 4.84. The molecule has 1 N–H and O–H groups in total. The van der Waals surface area contributed by atoms with Crippen LogP contribution in [0, 0.1) is 6.92 Å². The maximum atomic E-state index is 12.4. The molecule has 1 aromatic rings. The Kier molecular flexibility index (Phi) is 6.79. The fourth-order valence-electron chi connectivity index (χ4n) is 3.48. The third kappa shape index (κ3) is 5.26. The molecule has 0 unspecified atom stereocenters. The number of nitrogens with one attached hydrogen (secondary N) is 1. The van der Waals surface area contributed by atoms with Crippen LogP contribution in [0.25, 0.3) is 0 Å². The molecule has 3 rings (SSSR count). The van der Waals surface area contributed by atoms with Gasteiger partial charge in [0, 0.05) is 46.3 Å². The van der Waals surface area contributed by atoms with Crippen LogP contribution >= 0.6 is 0 Å². The molecule has 0 radical (unpaired) electrons. The second-order valence-corrected chi connectivity index (χ2v) is 11.0. The van der Waals surface area contributed by atoms with E-state index in [4.69, 9.17) is 9.73 Å². The van der Waals surface area contributed by atoms with E-state index in [0.29, 0.717) is 19.6 Å². The number of guanidine groups is 1. The number of nitrogens with zero attached hydrogens (tertiary/aromatic N) is 6. The van der Waals surface area contributed by atoms with Crippen molar-refractivity contribution in [1.29, 1.82) is 0 Å². The molecule has 0 amide bonds. The van der Waals surface area contributed by atoms with E-state index in [2.05, 4.69) is 20.4 Å². The molecule has 1 aromatic heterocycles. The molecule has 11 heteroatoms. The normalized spacial score (nSPS) is 22.6. The van der Waals surface area contributed by atoms with Gasteiger partial charge in [0.05, 0.1) is 23.7 Å². The minimum atomic E-state index is -3.11. The number of aromatic nitrogens is 3. The highest BCUT2D eigenvalue weighted by molar-refractivity contribution is 7.92. The maximum Gasteiger partial charge on any atom is 0.194 e. The highest BCUT2D eigenvalue weighted by Gasteiger charge is 2.41. The van der Waals surface area contributed by atoms with Gasteiger partial charge >= 0.3 is 0 Å². The minimum Gasteiger partial charge on any atom is -0.379 e. The predicted octanol–water partition coefficient (Wildman–Crippen LogP) is -0.590. The number of hydrogen-bond acceptors (Lipinski definition) is 7. The zero-order valence-electron chi connectivity index (χ0n) is 17.9. The summed E-state index contributed by atoms with van der Waals surface area (Å²) >= 11 is 0. The first-order valence-corrected chi connectivity index (χ1v) is 11.8. The van der Waals surface area contributed by atoms with Crippen molar-refractivity contribution in [2.45, 2.75) is 32.1 Å². The summed E-state index contributed by atoms with van der Waals surface area (Å²) in [7, 11) is -1.19. The summed E-state index contributed by atoms with van der Waals surface area (Å²) in [5, 5.41) is 11.7. The minimum absolute atomic E-state index is 0.132. The van der Waals surface area contributed by atoms with Crippen LogP contribution < -0.4 is 5.32 Å². The number of aliphatic imine (C=N–C) groups is 1. The Hall–Kier alpha value is -1.72. The smallest absolute Gasteiger partial charge is 0.194 e. The van der Waals surface area contributed by atoms with E-state index < -0.39 is 14.6 Å². The number of ether oxygens (including phenoxy) is 1. The van der Waals surface area contributed by atoms with Crippen molar-refractivity contribution in [1.82, 2.24) is 29.9 Å². The summed E-state index contributed by atoms with van der Waals surface area (Å²) in [6, 6.07) is 0. The molecule has 0 saturated carbocycles. The fraction of sp³-hybridized carbons (Fsp3) is 0.833. The molecular formula is C18H33N7O3S. The third-order valence-corrected chi connectivity index (χ3v) is 8.24. The van der Waals surface area contributed by atoms with Gasteiger partial charge in [-0.1, -0.05) is 0 Å². The summed E-state index contributed by atoms with van der Waals surface area (Å²) in [6.07, 6.45) is 0. The van der Waals surface area contributed by atoms with Crippen molar-refractivity contribution in [3.63, 3.8) is 0 Å². The van der Waals surface area contributed by atoms with E-state index in [0.717, 1.165) is 57.0 Å². The molecule has 0 spiro atoms. The first kappa shape index (κ1) is 22.0. The van der Waals surface area contributed by atoms with Crippen molar-refractivity contribution in [2.24, 2.45) is 12.0 Å². The van der Waals surface area contributed by atoms with Gasteiger partial charge in [-0.05, 0) is 20.8 Å². The molecule has 0 aliphatic carbocycles. The van der Waals surface area contributed by atoms with Crippen molar-refractivity contribution < 1.29 is 13.2 Å². The van der Waals surface area contributed by atoms with Crippen LogP contribution in [0.2, 0.25) is 0 Å². The SMILES string of the molecule is Cc1nnc(CN=C(NCCN2CCOCC2)N2CCS(=O)(=O)C(C)(C)C2)n1C. The number of morpholine rings is 1. The molecule has 0 bridgehead atoms. The van der Waals surface area contributed by atoms with Gasteiger partial charge in [-0.25, -0.2) is 13.4 Å². The van der Waals surface area contributed by atoms with Gasteiger partial charge in [0.15, 0.2) is 21.6 Å². The van der Waals surface area contributed by atoms with Crippen LogP contribution in [0.3, 0.4) is 0 Å². The van der Waals surface area contributed by atoms with E-state index in [1.165, 1.54) is 0 Å². The van der Waals surface area contributed by atoms with E-state index in [1.54, 1.807) is 13.8 Å². The quantitative estimate of drug-likeness (QED) is 0.491. The zero-order chi connectivity index (χ0) is 21.1. The van der Waals surface area contributed by atoms with Crippen LogP contribution in [-0.4, -0.2) is 102 Å². The first-order valence-electron chi connectivity index (χ1n) is 10.1. The van der Waals surface area contributed by atoms with Crippen molar-refractivity contribution in [2.75, 3.05) is 58.2 Å². The van der Waals surface area contributed by atoms with Gasteiger partial charge in [-0.3, -0.25) is 4.90 Å². The summed E-state index contributed by atoms with van der Waals surface area (Å²) in [5.41, 5.74) is 0. The number of hydrogen-bond donors (Lipinski definition) is 1. The second kappa shape index (κ2) is 8.97. The maximum absolute atomic E-state index is 12.4. The lowest BCUT2D eigenvalue weighted by Gasteiger charge is -2.39. The van der Waals surface area contributed by atoms with Crippen molar-refractivity contribution >= 4 is 15.8 Å². The molecule has 0 atom stereocenters. The molecule has 2 saturated heterocycles. The Morgan fingerprint density at radius 3 is 2.59 bits per heavy atom. The summed E-state index contributed by atoms with van der Waals surface area (Å²) in [4.78, 5) is 9.16. The van der Waals surface area contributed by atoms with Gasteiger partial charge < -0.3 is 19.5 Å². The lowest BCUT2D eigenvalue weighted by Crippen LogP contribution is -2.57. The average Bonchev–Trinajstić information content (AvgIpc) is 3.00. The van der Waals surface area contributed by atoms with Crippen LogP contribution in [-0.2, 0) is 28.2 Å². The molecule has 2 aliphatic heterocycles. The standard InChI is InChI=1S/C18H33N7O3S/c1-15-21-22-16(23(15)4)13-20-17(19-5-6-24-7-10-28-11-8-24)25-9-12-29(26,27)18(2,3)14-25/h5-14H2,1-4H3,(H,19,20). The predicted molar refractivity (Wildman–Crippen MR) is 112 cm³/mol. The molecular weight excluding hydrogens is 394 g/mol. The first-order chi connectivity index (χ1) is 13.7. The Morgan fingerprint density at radius 1 is 1.24 bits per heavy atom. The van der Waals surface area contributed by atoms with Crippen LogP contribution in [0.5, 0.6) is 0 Å². The lowest BCUT2D eigenvalue weighted by molar-refractivity contribution is 0.0388. The van der Waals surface area contributed by atoms with Crippen LogP contribution in [0.15, 0.2) is 4.99 Å². The third-order valence-electron chi connectivity index (χ3n) is 5.71. The van der Waals surface area contributed by atoms with E-state index in [-0.39, 0.29) is 5.75 Å². The van der Waals surface area contributed by atoms with E-state index in [1.807, 2.05) is 23.4 Å². The number of sulfone groups is 1. The summed E-state index contributed by atoms with van der Waals surface area (Å²) in [5.74, 6) is 2.47. The Bertz CT molecular complexity index is 829. The van der Waals surface area contributed by atoms with Crippen LogP contribution in [0.4, 0.5) is 0 Å². The van der Waals surface area contributed by atoms with Gasteiger partial charge in [-0.2, -0.15) is 0 Å². The Labute approximate surface area is 173 Å². The van der Waals surface area contributed by atoms with Gasteiger partial charge in [0.1, 0.15) is 12.4 Å². The lowest BCUT2D eigenvalue weighted by atomic mass is 10.2. The van der Waals surface area contributed by atoms with Gasteiger partial charge in [-0.15, -0.1) is 10.2 Å². The molecule has 29 heavy (non-hydrogen) atoms. The largest absolute Gasteiger partial charge is 0.379 e. The van der Waals surface area contributed by atoms with Crippen molar-refractivity contribution in [3.05, 3.63) is 11.6 Å². The zero-order valence-corrected chi connectivity index (χ0v) is 18.7. The second-order valence-electron chi connectivity index (χ2n) is 8.24. The molecule has 0 aromatic carbocycles. The highest BCUT2D eigenvalue weighted by Crippen LogP contribution is 2.23. The molecule has 2 fully saturated rings. The number of rotatable bonds is 5. The number of aryl methyl sites for hydroxylation is 1. The van der Waals surface area contributed by atoms with Gasteiger partial charge in [0.25, 0.3) is 0 Å². The topological polar surface area (TPSA) is 105 Å².